The van der Waals surface area contributed by atoms with Crippen LogP contribution in [0.1, 0.15) is 0 Å². The molecule has 7 nitrogen and oxygen atoms in total. The Balaban J connectivity index is 3.08. The number of esters is 1. The Hall–Kier alpha value is -0.773. The highest BCUT2D eigenvalue weighted by atomic mass is 28.4. The minimum absolute atomic E-state index is 0.219. The second-order valence-electron chi connectivity index (χ2n) is 5.78. The fraction of sp³-hybridized carbons (Fsp3) is 0.812. The molecule has 0 aliphatic heterocycles. The van der Waals surface area contributed by atoms with Gasteiger partial charge in [-0.1, -0.05) is 6.58 Å². The third-order valence-electron chi connectivity index (χ3n) is 2.52. The Bertz CT molecular complexity index is 318. The molecule has 0 spiro atoms. The van der Waals surface area contributed by atoms with Crippen molar-refractivity contribution in [3.8, 4) is 0 Å². The van der Waals surface area contributed by atoms with Crippen LogP contribution < -0.4 is 0 Å². The minimum Gasteiger partial charge on any atom is -0.460 e. The smallest absolute Gasteiger partial charge is 0.330 e. The molecule has 0 aromatic rings. The van der Waals surface area contributed by atoms with Gasteiger partial charge in [0.2, 0.25) is 0 Å². The lowest BCUT2D eigenvalue weighted by atomic mass is 10.6. The molecule has 0 saturated heterocycles. The van der Waals surface area contributed by atoms with E-state index in [-0.39, 0.29) is 6.61 Å². The van der Waals surface area contributed by atoms with Crippen LogP contribution in [-0.2, 0) is 32.9 Å². The van der Waals surface area contributed by atoms with E-state index in [1.54, 1.807) is 0 Å². The Morgan fingerprint density at radius 1 is 0.750 bits per heavy atom. The largest absolute Gasteiger partial charge is 0.460 e. The summed E-state index contributed by atoms with van der Waals surface area (Å²) < 4.78 is 31.8. The van der Waals surface area contributed by atoms with Gasteiger partial charge in [-0.2, -0.15) is 0 Å². The first kappa shape index (κ1) is 23.2. The van der Waals surface area contributed by atoms with Crippen LogP contribution in [0.4, 0.5) is 0 Å². The third-order valence-corrected chi connectivity index (χ3v) is 3.59. The van der Waals surface area contributed by atoms with Crippen LogP contribution in [0, 0.1) is 0 Å². The summed E-state index contributed by atoms with van der Waals surface area (Å²) in [7, 11) is -1.43. The quantitative estimate of drug-likeness (QED) is 0.168. The number of hydrogen-bond donors (Lipinski definition) is 0. The van der Waals surface area contributed by atoms with E-state index in [4.69, 9.17) is 28.1 Å². The molecule has 0 N–H and O–H groups in total. The second kappa shape index (κ2) is 15.7. The van der Waals surface area contributed by atoms with Gasteiger partial charge >= 0.3 is 5.97 Å². The van der Waals surface area contributed by atoms with Gasteiger partial charge in [0.25, 0.3) is 0 Å². The van der Waals surface area contributed by atoms with Crippen LogP contribution in [0.2, 0.25) is 19.6 Å². The summed E-state index contributed by atoms with van der Waals surface area (Å²) in [6.07, 6.45) is 1.12. The monoisotopic (exact) mass is 364 g/mol. The van der Waals surface area contributed by atoms with Crippen LogP contribution in [0.15, 0.2) is 12.7 Å². The average Bonchev–Trinajstić information content (AvgIpc) is 2.53. The zero-order chi connectivity index (χ0) is 18.1. The summed E-state index contributed by atoms with van der Waals surface area (Å²) in [6, 6.07) is 0. The zero-order valence-corrected chi connectivity index (χ0v) is 16.2. The van der Waals surface area contributed by atoms with Gasteiger partial charge in [0.05, 0.1) is 59.5 Å². The summed E-state index contributed by atoms with van der Waals surface area (Å²) in [4.78, 5) is 10.7. The van der Waals surface area contributed by atoms with Crippen molar-refractivity contribution in [1.82, 2.24) is 0 Å². The van der Waals surface area contributed by atoms with Gasteiger partial charge in [-0.15, -0.1) is 0 Å². The van der Waals surface area contributed by atoms with Crippen molar-refractivity contribution >= 4 is 14.3 Å². The van der Waals surface area contributed by atoms with Gasteiger partial charge in [0.1, 0.15) is 6.61 Å². The van der Waals surface area contributed by atoms with E-state index in [9.17, 15) is 4.79 Å². The van der Waals surface area contributed by atoms with E-state index >= 15 is 0 Å². The van der Waals surface area contributed by atoms with Gasteiger partial charge in [-0.25, -0.2) is 4.79 Å². The van der Waals surface area contributed by atoms with Crippen molar-refractivity contribution in [3.05, 3.63) is 12.7 Å². The molecule has 0 rings (SSSR count). The zero-order valence-electron chi connectivity index (χ0n) is 15.2. The lowest BCUT2D eigenvalue weighted by Crippen LogP contribution is -2.27. The summed E-state index contributed by atoms with van der Waals surface area (Å²) >= 11 is 0. The van der Waals surface area contributed by atoms with E-state index in [0.717, 1.165) is 6.08 Å². The normalized spacial score (nSPS) is 11.5. The molecule has 0 amide bonds. The summed E-state index contributed by atoms with van der Waals surface area (Å²) in [5, 5.41) is 0. The first-order valence-electron chi connectivity index (χ1n) is 8.20. The highest BCUT2D eigenvalue weighted by Crippen LogP contribution is 2.01. The van der Waals surface area contributed by atoms with Crippen molar-refractivity contribution in [1.29, 1.82) is 0 Å². The van der Waals surface area contributed by atoms with Crippen molar-refractivity contribution in [3.63, 3.8) is 0 Å². The topological polar surface area (TPSA) is 72.5 Å². The minimum atomic E-state index is -1.43. The lowest BCUT2D eigenvalue weighted by molar-refractivity contribution is -0.139. The van der Waals surface area contributed by atoms with E-state index in [0.29, 0.717) is 59.5 Å². The molecule has 0 atom stereocenters. The fourth-order valence-corrected chi connectivity index (χ4v) is 2.12. The summed E-state index contributed by atoms with van der Waals surface area (Å²) in [6.45, 7) is 14.6. The molecule has 0 heterocycles. The molecule has 0 unspecified atom stereocenters. The average molecular weight is 365 g/mol. The van der Waals surface area contributed by atoms with Crippen LogP contribution in [0.3, 0.4) is 0 Å². The lowest BCUT2D eigenvalue weighted by Gasteiger charge is -2.16. The molecular weight excluding hydrogens is 332 g/mol. The second-order valence-corrected chi connectivity index (χ2v) is 10.3. The van der Waals surface area contributed by atoms with E-state index < -0.39 is 14.3 Å². The Morgan fingerprint density at radius 3 is 1.50 bits per heavy atom. The first-order chi connectivity index (χ1) is 11.5. The van der Waals surface area contributed by atoms with Crippen LogP contribution in [0.5, 0.6) is 0 Å². The van der Waals surface area contributed by atoms with Crippen molar-refractivity contribution in [2.45, 2.75) is 19.6 Å². The third kappa shape index (κ3) is 19.3. The molecule has 0 radical (unpaired) electrons. The highest BCUT2D eigenvalue weighted by Gasteiger charge is 2.12. The van der Waals surface area contributed by atoms with Crippen molar-refractivity contribution < 1.29 is 32.9 Å². The maximum Gasteiger partial charge on any atom is 0.330 e. The molecule has 0 bridgehead atoms. The van der Waals surface area contributed by atoms with Gasteiger partial charge in [0.15, 0.2) is 8.32 Å². The highest BCUT2D eigenvalue weighted by molar-refractivity contribution is 6.69. The Labute approximate surface area is 146 Å². The number of hydrogen-bond acceptors (Lipinski definition) is 7. The number of rotatable bonds is 17. The van der Waals surface area contributed by atoms with Crippen LogP contribution in [-0.4, -0.2) is 80.4 Å². The van der Waals surface area contributed by atoms with E-state index in [2.05, 4.69) is 26.2 Å². The molecule has 8 heteroatoms. The molecular formula is C16H32O7Si. The van der Waals surface area contributed by atoms with Crippen LogP contribution >= 0.6 is 0 Å². The maximum absolute atomic E-state index is 10.7. The molecule has 142 valence electrons. The molecule has 0 aliphatic rings. The number of carbonyl (C=O) groups excluding carboxylic acids is 1. The molecule has 24 heavy (non-hydrogen) atoms. The van der Waals surface area contributed by atoms with E-state index in [1.807, 2.05) is 0 Å². The summed E-state index contributed by atoms with van der Waals surface area (Å²) in [5.41, 5.74) is 0. The molecule has 0 saturated carbocycles. The van der Waals surface area contributed by atoms with Gasteiger partial charge in [0, 0.05) is 6.08 Å². The molecule has 0 aromatic carbocycles. The van der Waals surface area contributed by atoms with Crippen LogP contribution in [0.25, 0.3) is 0 Å². The predicted octanol–water partition coefficient (Wildman–Crippen LogP) is 1.63. The van der Waals surface area contributed by atoms with Crippen molar-refractivity contribution in [2.75, 3.05) is 66.1 Å². The number of carbonyl (C=O) groups is 1. The van der Waals surface area contributed by atoms with Crippen molar-refractivity contribution in [2.24, 2.45) is 0 Å². The number of ether oxygens (including phenoxy) is 5. The molecule has 0 aromatic heterocycles. The Kier molecular flexibility index (Phi) is 15.2. The Morgan fingerprint density at radius 2 is 1.12 bits per heavy atom. The standard InChI is InChI=1S/C16H32O7Si/c1-5-16(17)22-14-12-20-10-8-18-6-7-19-9-11-21-13-15-23-24(2,3)4/h5H,1,6-15H2,2-4H3. The predicted molar refractivity (Wildman–Crippen MR) is 93.7 cm³/mol. The van der Waals surface area contributed by atoms with Gasteiger partial charge in [-0.05, 0) is 19.6 Å². The maximum atomic E-state index is 10.7. The molecule has 0 fully saturated rings. The van der Waals surface area contributed by atoms with Gasteiger partial charge < -0.3 is 28.1 Å². The summed E-state index contributed by atoms with van der Waals surface area (Å²) in [5.74, 6) is -0.445. The first-order valence-corrected chi connectivity index (χ1v) is 11.6. The molecule has 0 aliphatic carbocycles. The van der Waals surface area contributed by atoms with Gasteiger partial charge in [-0.3, -0.25) is 0 Å². The SMILES string of the molecule is C=CC(=O)OCCOCCOCCOCCOCCO[Si](C)(C)C. The fourth-order valence-electron chi connectivity index (χ4n) is 1.43. The van der Waals surface area contributed by atoms with E-state index in [1.165, 1.54) is 0 Å².